The third-order valence-electron chi connectivity index (χ3n) is 2.66. The molecule has 0 aliphatic carbocycles. The van der Waals surface area contributed by atoms with Crippen molar-refractivity contribution in [2.45, 2.75) is 19.8 Å². The Balaban J connectivity index is 2.56. The van der Waals surface area contributed by atoms with Crippen molar-refractivity contribution in [2.75, 3.05) is 7.11 Å². The number of halogens is 1. The largest absolute Gasteiger partial charge is 0.496 e. The standard InChI is InChI=1S/C13H14ClN3O/c1-8(2)9-4-5-11(18-3)10(6-9)13-16-12(14)7-15-17-13/h4-8H,1-3H3. The summed E-state index contributed by atoms with van der Waals surface area (Å²) in [7, 11) is 1.62. The van der Waals surface area contributed by atoms with E-state index in [0.717, 1.165) is 5.56 Å². The first kappa shape index (κ1) is 12.8. The monoisotopic (exact) mass is 263 g/mol. The highest BCUT2D eigenvalue weighted by Gasteiger charge is 2.12. The predicted octanol–water partition coefficient (Wildman–Crippen LogP) is 3.32. The lowest BCUT2D eigenvalue weighted by Gasteiger charge is -2.11. The van der Waals surface area contributed by atoms with Crippen molar-refractivity contribution in [1.82, 2.24) is 15.2 Å². The van der Waals surface area contributed by atoms with Gasteiger partial charge >= 0.3 is 0 Å². The number of nitrogens with zero attached hydrogens (tertiary/aromatic N) is 3. The van der Waals surface area contributed by atoms with Crippen LogP contribution in [-0.4, -0.2) is 22.3 Å². The van der Waals surface area contributed by atoms with Gasteiger partial charge in [-0.05, 0) is 23.6 Å². The van der Waals surface area contributed by atoms with Crippen LogP contribution >= 0.6 is 11.6 Å². The molecule has 1 aromatic heterocycles. The second kappa shape index (κ2) is 5.31. The molecule has 0 N–H and O–H groups in total. The van der Waals surface area contributed by atoms with Gasteiger partial charge in [0.2, 0.25) is 0 Å². The Hall–Kier alpha value is -1.68. The summed E-state index contributed by atoms with van der Waals surface area (Å²) >= 11 is 5.84. The SMILES string of the molecule is COc1ccc(C(C)C)cc1-c1nncc(Cl)n1. The Labute approximate surface area is 111 Å². The minimum absolute atomic E-state index is 0.317. The molecule has 0 saturated heterocycles. The molecule has 18 heavy (non-hydrogen) atoms. The number of rotatable bonds is 3. The van der Waals surface area contributed by atoms with E-state index in [1.165, 1.54) is 11.8 Å². The van der Waals surface area contributed by atoms with Crippen LogP contribution in [0, 0.1) is 0 Å². The number of benzene rings is 1. The van der Waals surface area contributed by atoms with Gasteiger partial charge in [0, 0.05) is 0 Å². The van der Waals surface area contributed by atoms with E-state index in [2.05, 4.69) is 29.0 Å². The summed E-state index contributed by atoms with van der Waals surface area (Å²) in [6.07, 6.45) is 1.41. The average Bonchev–Trinajstić information content (AvgIpc) is 2.38. The van der Waals surface area contributed by atoms with Gasteiger partial charge in [-0.2, -0.15) is 5.10 Å². The molecule has 2 rings (SSSR count). The third kappa shape index (κ3) is 2.59. The summed E-state index contributed by atoms with van der Waals surface area (Å²) in [5, 5.41) is 8.12. The van der Waals surface area contributed by atoms with Crippen LogP contribution in [0.5, 0.6) is 5.75 Å². The lowest BCUT2D eigenvalue weighted by Crippen LogP contribution is -1.97. The zero-order chi connectivity index (χ0) is 13.1. The fraction of sp³-hybridized carbons (Fsp3) is 0.308. The van der Waals surface area contributed by atoms with Gasteiger partial charge < -0.3 is 4.74 Å². The van der Waals surface area contributed by atoms with Gasteiger partial charge in [-0.3, -0.25) is 0 Å². The van der Waals surface area contributed by atoms with Crippen LogP contribution in [-0.2, 0) is 0 Å². The molecule has 2 aromatic rings. The van der Waals surface area contributed by atoms with Gasteiger partial charge in [0.15, 0.2) is 11.0 Å². The summed E-state index contributed by atoms with van der Waals surface area (Å²) in [6, 6.07) is 5.96. The van der Waals surface area contributed by atoms with E-state index in [9.17, 15) is 0 Å². The van der Waals surface area contributed by atoms with Crippen LogP contribution in [0.15, 0.2) is 24.4 Å². The first-order chi connectivity index (χ1) is 8.61. The number of methoxy groups -OCH3 is 1. The molecule has 0 spiro atoms. The smallest absolute Gasteiger partial charge is 0.186 e. The minimum atomic E-state index is 0.317. The van der Waals surface area contributed by atoms with Crippen molar-refractivity contribution >= 4 is 11.6 Å². The number of hydrogen-bond donors (Lipinski definition) is 0. The second-order valence-electron chi connectivity index (χ2n) is 4.22. The van der Waals surface area contributed by atoms with Crippen molar-refractivity contribution < 1.29 is 4.74 Å². The minimum Gasteiger partial charge on any atom is -0.496 e. The Morgan fingerprint density at radius 3 is 2.67 bits per heavy atom. The Morgan fingerprint density at radius 2 is 2.06 bits per heavy atom. The van der Waals surface area contributed by atoms with E-state index in [1.54, 1.807) is 7.11 Å². The zero-order valence-corrected chi connectivity index (χ0v) is 11.3. The topological polar surface area (TPSA) is 47.9 Å². The summed E-state index contributed by atoms with van der Waals surface area (Å²) in [5.41, 5.74) is 1.99. The first-order valence-corrected chi connectivity index (χ1v) is 6.03. The predicted molar refractivity (Wildman–Crippen MR) is 70.9 cm³/mol. The second-order valence-corrected chi connectivity index (χ2v) is 4.60. The highest BCUT2D eigenvalue weighted by Crippen LogP contribution is 2.30. The molecule has 0 saturated carbocycles. The molecule has 0 unspecified atom stereocenters. The lowest BCUT2D eigenvalue weighted by atomic mass is 10.00. The molecule has 0 bridgehead atoms. The average molecular weight is 264 g/mol. The molecule has 0 radical (unpaired) electrons. The molecule has 0 fully saturated rings. The van der Waals surface area contributed by atoms with Crippen molar-refractivity contribution in [1.29, 1.82) is 0 Å². The maximum Gasteiger partial charge on any atom is 0.186 e. The van der Waals surface area contributed by atoms with Crippen LogP contribution in [0.25, 0.3) is 11.4 Å². The molecule has 5 heteroatoms. The van der Waals surface area contributed by atoms with E-state index in [0.29, 0.717) is 22.6 Å². The normalized spacial score (nSPS) is 10.7. The molecule has 1 aromatic carbocycles. The van der Waals surface area contributed by atoms with Gasteiger partial charge in [-0.1, -0.05) is 31.5 Å². The van der Waals surface area contributed by atoms with Gasteiger partial charge in [-0.15, -0.1) is 5.10 Å². The molecular weight excluding hydrogens is 250 g/mol. The third-order valence-corrected chi connectivity index (χ3v) is 2.84. The quantitative estimate of drug-likeness (QED) is 0.852. The summed E-state index contributed by atoms with van der Waals surface area (Å²) in [5.74, 6) is 1.60. The summed E-state index contributed by atoms with van der Waals surface area (Å²) in [4.78, 5) is 4.16. The molecule has 94 valence electrons. The van der Waals surface area contributed by atoms with Crippen LogP contribution in [0.2, 0.25) is 5.15 Å². The Bertz CT molecular complexity index is 558. The van der Waals surface area contributed by atoms with E-state index >= 15 is 0 Å². The van der Waals surface area contributed by atoms with E-state index in [4.69, 9.17) is 16.3 Å². The van der Waals surface area contributed by atoms with E-state index in [1.807, 2.05) is 18.2 Å². The highest BCUT2D eigenvalue weighted by molar-refractivity contribution is 6.29. The van der Waals surface area contributed by atoms with Crippen molar-refractivity contribution in [3.63, 3.8) is 0 Å². The first-order valence-electron chi connectivity index (χ1n) is 5.65. The fourth-order valence-electron chi connectivity index (χ4n) is 1.66. The molecular formula is C13H14ClN3O. The van der Waals surface area contributed by atoms with Crippen molar-refractivity contribution in [2.24, 2.45) is 0 Å². The van der Waals surface area contributed by atoms with Crippen molar-refractivity contribution in [3.8, 4) is 17.1 Å². The number of hydrogen-bond acceptors (Lipinski definition) is 4. The van der Waals surface area contributed by atoms with Gasteiger partial charge in [-0.25, -0.2) is 4.98 Å². The molecule has 4 nitrogen and oxygen atoms in total. The van der Waals surface area contributed by atoms with Crippen LogP contribution in [0.4, 0.5) is 0 Å². The summed E-state index contributed by atoms with van der Waals surface area (Å²) in [6.45, 7) is 4.26. The Kier molecular flexibility index (Phi) is 3.77. The van der Waals surface area contributed by atoms with Gasteiger partial charge in [0.05, 0.1) is 18.9 Å². The zero-order valence-electron chi connectivity index (χ0n) is 10.5. The lowest BCUT2D eigenvalue weighted by molar-refractivity contribution is 0.416. The van der Waals surface area contributed by atoms with Crippen LogP contribution < -0.4 is 4.74 Å². The summed E-state index contributed by atoms with van der Waals surface area (Å²) < 4.78 is 5.32. The van der Waals surface area contributed by atoms with E-state index < -0.39 is 0 Å². The van der Waals surface area contributed by atoms with Crippen LogP contribution in [0.3, 0.4) is 0 Å². The number of ether oxygens (including phenoxy) is 1. The highest BCUT2D eigenvalue weighted by atomic mass is 35.5. The van der Waals surface area contributed by atoms with Gasteiger partial charge in [0.1, 0.15) is 5.75 Å². The molecule has 0 amide bonds. The maximum atomic E-state index is 5.84. The van der Waals surface area contributed by atoms with Crippen molar-refractivity contribution in [3.05, 3.63) is 35.1 Å². The number of aromatic nitrogens is 3. The maximum absolute atomic E-state index is 5.84. The van der Waals surface area contributed by atoms with Gasteiger partial charge in [0.25, 0.3) is 0 Å². The van der Waals surface area contributed by atoms with E-state index in [-0.39, 0.29) is 0 Å². The molecule has 0 aliphatic heterocycles. The fourth-order valence-corrected chi connectivity index (χ4v) is 1.78. The Morgan fingerprint density at radius 1 is 1.28 bits per heavy atom. The molecule has 1 heterocycles. The van der Waals surface area contributed by atoms with Crippen LogP contribution in [0.1, 0.15) is 25.3 Å². The molecule has 0 aliphatic rings. The molecule has 0 atom stereocenters.